The van der Waals surface area contributed by atoms with E-state index in [1.165, 1.54) is 53.6 Å². The molecule has 25 heavy (non-hydrogen) atoms. The van der Waals surface area contributed by atoms with Crippen LogP contribution in [0, 0.1) is 12.8 Å². The van der Waals surface area contributed by atoms with E-state index in [0.29, 0.717) is 11.8 Å². The number of benzene rings is 1. The number of hydrogen-bond donors (Lipinski definition) is 0. The first-order valence-corrected chi connectivity index (χ1v) is 10.6. The second kappa shape index (κ2) is 8.22. The first-order valence-electron chi connectivity index (χ1n) is 9.48. The van der Waals surface area contributed by atoms with Gasteiger partial charge in [0.15, 0.2) is 0 Å². The van der Waals surface area contributed by atoms with E-state index in [2.05, 4.69) is 54.9 Å². The molecule has 1 heterocycles. The number of rotatable bonds is 5. The van der Waals surface area contributed by atoms with Crippen molar-refractivity contribution >= 4 is 27.5 Å². The van der Waals surface area contributed by atoms with Gasteiger partial charge in [-0.1, -0.05) is 60.3 Å². The lowest BCUT2D eigenvalue weighted by Gasteiger charge is -2.29. The minimum absolute atomic E-state index is 0.361. The fourth-order valence-electron chi connectivity index (χ4n) is 4.40. The summed E-state index contributed by atoms with van der Waals surface area (Å²) in [6.07, 6.45) is 9.02. The second-order valence-corrected chi connectivity index (χ2v) is 8.62. The molecule has 0 amide bonds. The number of hydrogen-bond acceptors (Lipinski definition) is 1. The van der Waals surface area contributed by atoms with Crippen molar-refractivity contribution in [2.24, 2.45) is 5.92 Å². The number of nitrogens with zero attached hydrogens (tertiary/aromatic N) is 1. The SMILES string of the molecule is CCCC(CCC)C1c2ncc(C)cc2CCc2cc(Cl)cc(Br)c21. The third-order valence-electron chi connectivity index (χ3n) is 5.38. The summed E-state index contributed by atoms with van der Waals surface area (Å²) in [7, 11) is 0. The molecule has 0 saturated carbocycles. The molecule has 1 atom stereocenters. The van der Waals surface area contributed by atoms with Crippen LogP contribution in [-0.4, -0.2) is 4.98 Å². The van der Waals surface area contributed by atoms with Crippen LogP contribution in [0.1, 0.15) is 73.4 Å². The zero-order valence-corrected chi connectivity index (χ0v) is 17.8. The van der Waals surface area contributed by atoms with E-state index < -0.39 is 0 Å². The van der Waals surface area contributed by atoms with Gasteiger partial charge in [-0.15, -0.1) is 0 Å². The largest absolute Gasteiger partial charge is 0.260 e. The summed E-state index contributed by atoms with van der Waals surface area (Å²) in [5.74, 6) is 0.984. The van der Waals surface area contributed by atoms with Gasteiger partial charge >= 0.3 is 0 Å². The summed E-state index contributed by atoms with van der Waals surface area (Å²) < 4.78 is 1.15. The molecule has 0 bridgehead atoms. The van der Waals surface area contributed by atoms with Crippen molar-refractivity contribution in [3.05, 3.63) is 61.8 Å². The number of pyridine rings is 1. The Balaban J connectivity index is 2.22. The molecule has 0 N–H and O–H groups in total. The Morgan fingerprint density at radius 3 is 2.48 bits per heavy atom. The summed E-state index contributed by atoms with van der Waals surface area (Å²) in [5, 5.41) is 0.821. The van der Waals surface area contributed by atoms with Crippen LogP contribution in [0.3, 0.4) is 0 Å². The topological polar surface area (TPSA) is 12.9 Å². The Bertz CT molecular complexity index is 750. The Morgan fingerprint density at radius 1 is 1.12 bits per heavy atom. The Kier molecular flexibility index (Phi) is 6.22. The van der Waals surface area contributed by atoms with E-state index in [9.17, 15) is 0 Å². The smallest absolute Gasteiger partial charge is 0.0513 e. The highest BCUT2D eigenvalue weighted by Crippen LogP contribution is 2.45. The Labute approximate surface area is 165 Å². The second-order valence-electron chi connectivity index (χ2n) is 7.33. The maximum atomic E-state index is 6.38. The lowest BCUT2D eigenvalue weighted by atomic mass is 9.77. The van der Waals surface area contributed by atoms with Crippen LogP contribution in [-0.2, 0) is 12.8 Å². The van der Waals surface area contributed by atoms with Crippen LogP contribution >= 0.6 is 27.5 Å². The first-order chi connectivity index (χ1) is 12.0. The van der Waals surface area contributed by atoms with Gasteiger partial charge in [-0.2, -0.15) is 0 Å². The molecule has 1 aliphatic carbocycles. The molecule has 0 aliphatic heterocycles. The van der Waals surface area contributed by atoms with Gasteiger partial charge in [0.1, 0.15) is 0 Å². The highest BCUT2D eigenvalue weighted by molar-refractivity contribution is 9.10. The van der Waals surface area contributed by atoms with E-state index >= 15 is 0 Å². The fraction of sp³-hybridized carbons (Fsp3) is 0.500. The predicted octanol–water partition coefficient (Wildman–Crippen LogP) is 7.25. The van der Waals surface area contributed by atoms with Crippen molar-refractivity contribution in [1.82, 2.24) is 4.98 Å². The zero-order chi connectivity index (χ0) is 18.0. The molecular formula is C22H27BrClN. The highest BCUT2D eigenvalue weighted by atomic mass is 79.9. The average Bonchev–Trinajstić information content (AvgIpc) is 2.71. The predicted molar refractivity (Wildman–Crippen MR) is 111 cm³/mol. The van der Waals surface area contributed by atoms with Crippen LogP contribution in [0.25, 0.3) is 0 Å². The van der Waals surface area contributed by atoms with Gasteiger partial charge in [0.25, 0.3) is 0 Å². The van der Waals surface area contributed by atoms with Crippen molar-refractivity contribution < 1.29 is 0 Å². The van der Waals surface area contributed by atoms with E-state index in [0.717, 1.165) is 22.3 Å². The lowest BCUT2D eigenvalue weighted by molar-refractivity contribution is 0.389. The van der Waals surface area contributed by atoms with Crippen LogP contribution in [0.2, 0.25) is 5.02 Å². The average molecular weight is 421 g/mol. The van der Waals surface area contributed by atoms with Gasteiger partial charge in [0.05, 0.1) is 5.69 Å². The molecule has 3 rings (SSSR count). The zero-order valence-electron chi connectivity index (χ0n) is 15.4. The van der Waals surface area contributed by atoms with Crippen LogP contribution in [0.5, 0.6) is 0 Å². The highest BCUT2D eigenvalue weighted by Gasteiger charge is 2.32. The molecule has 134 valence electrons. The third kappa shape index (κ3) is 3.95. The molecule has 1 nitrogen and oxygen atoms in total. The molecule has 1 aliphatic rings. The maximum absolute atomic E-state index is 6.38. The molecule has 0 spiro atoms. The minimum Gasteiger partial charge on any atom is -0.260 e. The normalized spacial score (nSPS) is 16.5. The summed E-state index contributed by atoms with van der Waals surface area (Å²) >= 11 is 10.2. The fourth-order valence-corrected chi connectivity index (χ4v) is 5.52. The van der Waals surface area contributed by atoms with Crippen LogP contribution < -0.4 is 0 Å². The van der Waals surface area contributed by atoms with Crippen molar-refractivity contribution in [2.75, 3.05) is 0 Å². The Hall–Kier alpha value is -0.860. The lowest BCUT2D eigenvalue weighted by Crippen LogP contribution is -2.18. The van der Waals surface area contributed by atoms with E-state index in [-0.39, 0.29) is 0 Å². The summed E-state index contributed by atoms with van der Waals surface area (Å²) in [4.78, 5) is 4.95. The molecule has 1 aromatic heterocycles. The number of fused-ring (bicyclic) bond motifs is 2. The molecule has 1 unspecified atom stereocenters. The van der Waals surface area contributed by atoms with Crippen molar-refractivity contribution in [1.29, 1.82) is 0 Å². The van der Waals surface area contributed by atoms with Crippen molar-refractivity contribution in [3.8, 4) is 0 Å². The Morgan fingerprint density at radius 2 is 1.80 bits per heavy atom. The molecule has 0 fully saturated rings. The van der Waals surface area contributed by atoms with Gasteiger partial charge in [0.2, 0.25) is 0 Å². The molecule has 0 radical (unpaired) electrons. The number of halogens is 2. The monoisotopic (exact) mass is 419 g/mol. The van der Waals surface area contributed by atoms with E-state index in [1.54, 1.807) is 0 Å². The van der Waals surface area contributed by atoms with Crippen LogP contribution in [0.4, 0.5) is 0 Å². The van der Waals surface area contributed by atoms with Crippen LogP contribution in [0.15, 0.2) is 28.9 Å². The standard InChI is InChI=1S/C22H27BrClN/c1-4-6-15(7-5-2)21-20-16(11-18(24)12-19(20)23)8-9-17-10-14(3)13-25-22(17)21/h10-13,15,21H,4-9H2,1-3H3. The van der Waals surface area contributed by atoms with Gasteiger partial charge in [-0.3, -0.25) is 4.98 Å². The third-order valence-corrected chi connectivity index (χ3v) is 6.25. The molecule has 3 heteroatoms. The first kappa shape index (κ1) is 18.9. The van der Waals surface area contributed by atoms with Gasteiger partial charge in [0, 0.05) is 21.6 Å². The van der Waals surface area contributed by atoms with Crippen molar-refractivity contribution in [2.45, 2.75) is 65.2 Å². The number of aryl methyl sites for hydroxylation is 3. The van der Waals surface area contributed by atoms with Crippen molar-refractivity contribution in [3.63, 3.8) is 0 Å². The van der Waals surface area contributed by atoms with Gasteiger partial charge in [-0.05, 0) is 72.9 Å². The quantitative estimate of drug-likeness (QED) is 0.496. The molecule has 2 aromatic rings. The van der Waals surface area contributed by atoms with Gasteiger partial charge in [-0.25, -0.2) is 0 Å². The van der Waals surface area contributed by atoms with Gasteiger partial charge < -0.3 is 0 Å². The number of aromatic nitrogens is 1. The minimum atomic E-state index is 0.361. The molecule has 1 aromatic carbocycles. The summed E-state index contributed by atoms with van der Waals surface area (Å²) in [5.41, 5.74) is 6.77. The molecular weight excluding hydrogens is 394 g/mol. The molecule has 0 saturated heterocycles. The van der Waals surface area contributed by atoms with E-state index in [1.807, 2.05) is 6.20 Å². The summed E-state index contributed by atoms with van der Waals surface area (Å²) in [6.45, 7) is 6.73. The maximum Gasteiger partial charge on any atom is 0.0513 e. The summed E-state index contributed by atoms with van der Waals surface area (Å²) in [6, 6.07) is 6.57. The van der Waals surface area contributed by atoms with E-state index in [4.69, 9.17) is 16.6 Å².